The van der Waals surface area contributed by atoms with Gasteiger partial charge in [-0.25, -0.2) is 0 Å². The zero-order valence-corrected chi connectivity index (χ0v) is 16.8. The monoisotopic (exact) mass is 329 g/mol. The molecule has 0 heterocycles. The van der Waals surface area contributed by atoms with Crippen LogP contribution in [-0.4, -0.2) is 0 Å². The van der Waals surface area contributed by atoms with Gasteiger partial charge >= 0.3 is 0 Å². The van der Waals surface area contributed by atoms with E-state index in [1.807, 2.05) is 0 Å². The van der Waals surface area contributed by atoms with Crippen molar-refractivity contribution in [3.63, 3.8) is 0 Å². The molecule has 1 aromatic carbocycles. The number of hydrogen-bond donors (Lipinski definition) is 0. The van der Waals surface area contributed by atoms with Crippen molar-refractivity contribution < 1.29 is 0 Å². The minimum Gasteiger partial charge on any atom is -0.0654 e. The van der Waals surface area contributed by atoms with Crippen LogP contribution >= 0.6 is 0 Å². The quantitative estimate of drug-likeness (QED) is 0.307. The Balaban J connectivity index is 3.01. The molecular weight excluding hydrogens is 288 g/mol. The van der Waals surface area contributed by atoms with Crippen LogP contribution in [0, 0.1) is 6.92 Å². The van der Waals surface area contributed by atoms with Crippen LogP contribution in [0.1, 0.15) is 107 Å². The van der Waals surface area contributed by atoms with Gasteiger partial charge in [0, 0.05) is 0 Å². The van der Waals surface area contributed by atoms with Gasteiger partial charge in [-0.1, -0.05) is 78.4 Å². The molecule has 0 aliphatic rings. The maximum atomic E-state index is 4.07. The highest BCUT2D eigenvalue weighted by Crippen LogP contribution is 2.25. The standard InChI is InChI=1S/C24H41/c1-5-9-12-16-22-19-21(15-8-4)20-23(17-13-10-6-2)24(22)18-14-11-7-3/h19-20H,4-18H2,1-3H3. The van der Waals surface area contributed by atoms with Crippen LogP contribution in [0.5, 0.6) is 0 Å². The third kappa shape index (κ3) is 7.86. The van der Waals surface area contributed by atoms with Crippen molar-refractivity contribution in [2.24, 2.45) is 0 Å². The van der Waals surface area contributed by atoms with Crippen molar-refractivity contribution in [2.75, 3.05) is 0 Å². The third-order valence-electron chi connectivity index (χ3n) is 5.09. The summed E-state index contributed by atoms with van der Waals surface area (Å²) < 4.78 is 0. The number of rotatable bonds is 14. The summed E-state index contributed by atoms with van der Waals surface area (Å²) in [6.45, 7) is 11.0. The van der Waals surface area contributed by atoms with Gasteiger partial charge in [0.15, 0.2) is 0 Å². The average Bonchev–Trinajstić information content (AvgIpc) is 2.58. The van der Waals surface area contributed by atoms with Crippen LogP contribution in [0.25, 0.3) is 0 Å². The molecule has 0 saturated heterocycles. The van der Waals surface area contributed by atoms with Crippen LogP contribution in [-0.2, 0) is 25.7 Å². The zero-order valence-electron chi connectivity index (χ0n) is 16.8. The Morgan fingerprint density at radius 3 is 1.50 bits per heavy atom. The predicted octanol–water partition coefficient (Wildman–Crippen LogP) is 7.65. The largest absolute Gasteiger partial charge is 0.0654 e. The molecule has 0 atom stereocenters. The molecule has 0 nitrogen and oxygen atoms in total. The number of benzene rings is 1. The van der Waals surface area contributed by atoms with E-state index in [-0.39, 0.29) is 0 Å². The molecule has 0 amide bonds. The molecule has 0 aliphatic carbocycles. The second-order valence-corrected chi connectivity index (χ2v) is 7.37. The molecule has 0 bridgehead atoms. The summed E-state index contributed by atoms with van der Waals surface area (Å²) in [5.74, 6) is 0. The summed E-state index contributed by atoms with van der Waals surface area (Å²) >= 11 is 0. The fourth-order valence-corrected chi connectivity index (χ4v) is 3.67. The van der Waals surface area contributed by atoms with Gasteiger partial charge in [0.2, 0.25) is 0 Å². The van der Waals surface area contributed by atoms with Crippen LogP contribution < -0.4 is 0 Å². The van der Waals surface area contributed by atoms with Crippen molar-refractivity contribution in [3.8, 4) is 0 Å². The molecular formula is C24H41. The van der Waals surface area contributed by atoms with Crippen LogP contribution in [0.4, 0.5) is 0 Å². The molecule has 0 heteroatoms. The van der Waals surface area contributed by atoms with E-state index in [1.54, 1.807) is 16.7 Å². The summed E-state index contributed by atoms with van der Waals surface area (Å²) in [6.07, 6.45) is 18.1. The zero-order chi connectivity index (χ0) is 17.6. The molecule has 0 aromatic heterocycles. The highest BCUT2D eigenvalue weighted by Gasteiger charge is 2.11. The van der Waals surface area contributed by atoms with Gasteiger partial charge in [-0.05, 0) is 73.6 Å². The Morgan fingerprint density at radius 2 is 1.08 bits per heavy atom. The molecule has 0 N–H and O–H groups in total. The van der Waals surface area contributed by atoms with Gasteiger partial charge in [0.25, 0.3) is 0 Å². The molecule has 1 radical (unpaired) electrons. The molecule has 1 rings (SSSR count). The first kappa shape index (κ1) is 21.3. The smallest absolute Gasteiger partial charge is 0.0273 e. The Bertz CT molecular complexity index is 399. The summed E-state index contributed by atoms with van der Waals surface area (Å²) in [4.78, 5) is 0. The van der Waals surface area contributed by atoms with E-state index in [9.17, 15) is 0 Å². The first-order chi connectivity index (χ1) is 11.8. The van der Waals surface area contributed by atoms with E-state index < -0.39 is 0 Å². The van der Waals surface area contributed by atoms with Gasteiger partial charge in [0.1, 0.15) is 0 Å². The maximum absolute atomic E-state index is 4.07. The molecule has 0 saturated carbocycles. The minimum atomic E-state index is 1.01. The van der Waals surface area contributed by atoms with Crippen molar-refractivity contribution in [1.82, 2.24) is 0 Å². The Labute approximate surface area is 152 Å². The van der Waals surface area contributed by atoms with Gasteiger partial charge < -0.3 is 0 Å². The SMILES string of the molecule is [CH2]CCc1cc(CCCCC)c(CCCCC)c(CCCCC)c1. The first-order valence-corrected chi connectivity index (χ1v) is 10.7. The lowest BCUT2D eigenvalue weighted by Crippen LogP contribution is -2.04. The fraction of sp³-hybridized carbons (Fsp3) is 0.708. The Kier molecular flexibility index (Phi) is 12.0. The minimum absolute atomic E-state index is 1.01. The molecule has 0 unspecified atom stereocenters. The van der Waals surface area contributed by atoms with Crippen LogP contribution in [0.15, 0.2) is 12.1 Å². The lowest BCUT2D eigenvalue weighted by Gasteiger charge is -2.18. The number of hydrogen-bond acceptors (Lipinski definition) is 0. The van der Waals surface area contributed by atoms with Crippen molar-refractivity contribution in [1.29, 1.82) is 0 Å². The normalized spacial score (nSPS) is 11.2. The topological polar surface area (TPSA) is 0 Å². The van der Waals surface area contributed by atoms with E-state index in [1.165, 1.54) is 82.6 Å². The average molecular weight is 330 g/mol. The summed E-state index contributed by atoms with van der Waals surface area (Å²) in [7, 11) is 0. The number of unbranched alkanes of at least 4 members (excludes halogenated alkanes) is 6. The highest BCUT2D eigenvalue weighted by molar-refractivity contribution is 5.40. The summed E-state index contributed by atoms with van der Waals surface area (Å²) in [6, 6.07) is 5.04. The van der Waals surface area contributed by atoms with E-state index in [2.05, 4.69) is 39.8 Å². The molecule has 137 valence electrons. The van der Waals surface area contributed by atoms with E-state index in [0.717, 1.165) is 12.8 Å². The molecule has 24 heavy (non-hydrogen) atoms. The van der Waals surface area contributed by atoms with Crippen molar-refractivity contribution in [3.05, 3.63) is 41.3 Å². The second kappa shape index (κ2) is 13.5. The van der Waals surface area contributed by atoms with Gasteiger partial charge in [-0.2, -0.15) is 0 Å². The second-order valence-electron chi connectivity index (χ2n) is 7.37. The molecule has 0 aliphatic heterocycles. The van der Waals surface area contributed by atoms with Crippen molar-refractivity contribution >= 4 is 0 Å². The first-order valence-electron chi connectivity index (χ1n) is 10.7. The van der Waals surface area contributed by atoms with Crippen molar-refractivity contribution in [2.45, 2.75) is 111 Å². The summed E-state index contributed by atoms with van der Waals surface area (Å²) in [5.41, 5.74) is 6.57. The predicted molar refractivity (Wildman–Crippen MR) is 110 cm³/mol. The van der Waals surface area contributed by atoms with E-state index in [0.29, 0.717) is 0 Å². The van der Waals surface area contributed by atoms with Crippen LogP contribution in [0.3, 0.4) is 0 Å². The molecule has 1 aromatic rings. The van der Waals surface area contributed by atoms with Gasteiger partial charge in [0.05, 0.1) is 0 Å². The summed E-state index contributed by atoms with van der Waals surface area (Å²) in [5, 5.41) is 0. The van der Waals surface area contributed by atoms with Crippen LogP contribution in [0.2, 0.25) is 0 Å². The molecule has 0 spiro atoms. The molecule has 0 fully saturated rings. The lowest BCUT2D eigenvalue weighted by molar-refractivity contribution is 0.676. The Hall–Kier alpha value is -0.780. The number of aryl methyl sites for hydroxylation is 3. The van der Waals surface area contributed by atoms with Gasteiger partial charge in [-0.3, -0.25) is 0 Å². The maximum Gasteiger partial charge on any atom is -0.0273 e. The van der Waals surface area contributed by atoms with E-state index in [4.69, 9.17) is 0 Å². The van der Waals surface area contributed by atoms with Gasteiger partial charge in [-0.15, -0.1) is 0 Å². The Morgan fingerprint density at radius 1 is 0.625 bits per heavy atom. The van der Waals surface area contributed by atoms with E-state index >= 15 is 0 Å². The lowest BCUT2D eigenvalue weighted by atomic mass is 9.88. The highest BCUT2D eigenvalue weighted by atomic mass is 14.2. The fourth-order valence-electron chi connectivity index (χ4n) is 3.67. The third-order valence-corrected chi connectivity index (χ3v) is 5.09.